The van der Waals surface area contributed by atoms with Crippen molar-refractivity contribution in [1.29, 1.82) is 0 Å². The number of halogens is 3. The molecule has 1 aliphatic carbocycles. The van der Waals surface area contributed by atoms with Crippen LogP contribution in [0, 0.1) is 0 Å². The Labute approximate surface area is 101 Å². The lowest BCUT2D eigenvalue weighted by Gasteiger charge is -2.22. The number of nitrogens with one attached hydrogen (secondary N) is 1. The lowest BCUT2D eigenvalue weighted by Crippen LogP contribution is -2.25. The van der Waals surface area contributed by atoms with Gasteiger partial charge >= 0.3 is 6.18 Å². The second-order valence-electron chi connectivity index (χ2n) is 4.60. The van der Waals surface area contributed by atoms with E-state index >= 15 is 0 Å². The number of alkyl halides is 3. The van der Waals surface area contributed by atoms with Gasteiger partial charge in [0.05, 0.1) is 12.7 Å². The summed E-state index contributed by atoms with van der Waals surface area (Å²) in [5.74, 6) is 0. The molecule has 0 saturated heterocycles. The molecule has 0 aromatic heterocycles. The van der Waals surface area contributed by atoms with Crippen molar-refractivity contribution in [3.05, 3.63) is 0 Å². The number of hydrogen-bond donors (Lipinski definition) is 1. The minimum atomic E-state index is -4.03. The summed E-state index contributed by atoms with van der Waals surface area (Å²) in [6, 6.07) is 0. The normalized spacial score (nSPS) is 18.5. The molecule has 1 rings (SSSR count). The van der Waals surface area contributed by atoms with Gasteiger partial charge in [-0.25, -0.2) is 0 Å². The Morgan fingerprint density at radius 1 is 1.06 bits per heavy atom. The molecule has 0 unspecified atom stereocenters. The fourth-order valence-corrected chi connectivity index (χ4v) is 2.07. The van der Waals surface area contributed by atoms with Gasteiger partial charge in [-0.05, 0) is 25.8 Å². The van der Waals surface area contributed by atoms with Crippen molar-refractivity contribution in [3.8, 4) is 0 Å². The average molecular weight is 253 g/mol. The lowest BCUT2D eigenvalue weighted by molar-refractivity contribution is -0.135. The van der Waals surface area contributed by atoms with Gasteiger partial charge < -0.3 is 10.1 Å². The monoisotopic (exact) mass is 253 g/mol. The summed E-state index contributed by atoms with van der Waals surface area (Å²) < 4.78 is 41.1. The van der Waals surface area contributed by atoms with Gasteiger partial charge in [0, 0.05) is 13.0 Å². The summed E-state index contributed by atoms with van der Waals surface area (Å²) in [4.78, 5) is 0. The molecule has 1 fully saturated rings. The molecule has 5 heteroatoms. The van der Waals surface area contributed by atoms with E-state index in [2.05, 4.69) is 5.32 Å². The van der Waals surface area contributed by atoms with E-state index in [1.54, 1.807) is 0 Å². The van der Waals surface area contributed by atoms with Crippen molar-refractivity contribution in [2.45, 2.75) is 57.2 Å². The maximum atomic E-state index is 11.8. The smallest absolute Gasteiger partial charge is 0.377 e. The van der Waals surface area contributed by atoms with Crippen LogP contribution in [0.5, 0.6) is 0 Å². The summed E-state index contributed by atoms with van der Waals surface area (Å²) in [6.45, 7) is 1.67. The molecular weight excluding hydrogens is 231 g/mol. The highest BCUT2D eigenvalue weighted by Gasteiger charge is 2.25. The highest BCUT2D eigenvalue weighted by Crippen LogP contribution is 2.21. The van der Waals surface area contributed by atoms with Gasteiger partial charge in [0.1, 0.15) is 0 Å². The Morgan fingerprint density at radius 2 is 1.76 bits per heavy atom. The van der Waals surface area contributed by atoms with Crippen molar-refractivity contribution in [1.82, 2.24) is 5.32 Å². The van der Waals surface area contributed by atoms with Gasteiger partial charge in [0.15, 0.2) is 0 Å². The van der Waals surface area contributed by atoms with Gasteiger partial charge in [0.2, 0.25) is 0 Å². The second-order valence-corrected chi connectivity index (χ2v) is 4.60. The first-order chi connectivity index (χ1) is 8.08. The maximum absolute atomic E-state index is 11.8. The third-order valence-corrected chi connectivity index (χ3v) is 3.00. The zero-order chi connectivity index (χ0) is 12.6. The van der Waals surface area contributed by atoms with Crippen molar-refractivity contribution < 1.29 is 17.9 Å². The molecule has 1 aliphatic rings. The van der Waals surface area contributed by atoms with E-state index in [-0.39, 0.29) is 6.42 Å². The molecule has 1 N–H and O–H groups in total. The quantitative estimate of drug-likeness (QED) is 0.703. The van der Waals surface area contributed by atoms with E-state index in [1.165, 1.54) is 19.3 Å². The van der Waals surface area contributed by atoms with Crippen molar-refractivity contribution >= 4 is 0 Å². The molecule has 17 heavy (non-hydrogen) atoms. The van der Waals surface area contributed by atoms with E-state index in [9.17, 15) is 13.2 Å². The Morgan fingerprint density at radius 3 is 2.41 bits per heavy atom. The predicted octanol–water partition coefficient (Wildman–Crippen LogP) is 3.27. The summed E-state index contributed by atoms with van der Waals surface area (Å²) in [7, 11) is 0. The number of rotatable bonds is 7. The molecule has 0 bridgehead atoms. The number of hydrogen-bond acceptors (Lipinski definition) is 2. The van der Waals surface area contributed by atoms with Crippen LogP contribution in [0.4, 0.5) is 13.2 Å². The van der Waals surface area contributed by atoms with Crippen molar-refractivity contribution in [2.24, 2.45) is 0 Å². The van der Waals surface area contributed by atoms with E-state index in [0.717, 1.165) is 12.8 Å². The fraction of sp³-hybridized carbons (Fsp3) is 1.00. The first-order valence-electron chi connectivity index (χ1n) is 6.47. The Balaban J connectivity index is 1.84. The lowest BCUT2D eigenvalue weighted by atomic mass is 9.98. The van der Waals surface area contributed by atoms with Crippen LogP contribution in [0.2, 0.25) is 0 Å². The van der Waals surface area contributed by atoms with E-state index in [4.69, 9.17) is 4.74 Å². The van der Waals surface area contributed by atoms with Crippen molar-refractivity contribution in [3.63, 3.8) is 0 Å². The van der Waals surface area contributed by atoms with Crippen molar-refractivity contribution in [2.75, 3.05) is 19.7 Å². The van der Waals surface area contributed by atoms with Gasteiger partial charge in [-0.3, -0.25) is 0 Å². The zero-order valence-electron chi connectivity index (χ0n) is 10.2. The van der Waals surface area contributed by atoms with Gasteiger partial charge in [-0.1, -0.05) is 19.3 Å². The molecule has 0 amide bonds. The molecule has 0 heterocycles. The van der Waals surface area contributed by atoms with Crippen LogP contribution in [0.25, 0.3) is 0 Å². The third kappa shape index (κ3) is 8.44. The highest BCUT2D eigenvalue weighted by molar-refractivity contribution is 4.65. The Kier molecular flexibility index (Phi) is 6.89. The molecule has 0 radical (unpaired) electrons. The molecule has 0 spiro atoms. The van der Waals surface area contributed by atoms with E-state index in [1.807, 2.05) is 0 Å². The van der Waals surface area contributed by atoms with E-state index in [0.29, 0.717) is 25.8 Å². The average Bonchev–Trinajstić information content (AvgIpc) is 2.28. The molecule has 1 saturated carbocycles. The molecule has 0 aromatic carbocycles. The highest BCUT2D eigenvalue weighted by atomic mass is 19.4. The number of ether oxygens (including phenoxy) is 1. The third-order valence-electron chi connectivity index (χ3n) is 3.00. The summed E-state index contributed by atoms with van der Waals surface area (Å²) in [5.41, 5.74) is 0. The minimum absolute atomic E-state index is 0.146. The van der Waals surface area contributed by atoms with Crippen LogP contribution in [0.3, 0.4) is 0 Å². The minimum Gasteiger partial charge on any atom is -0.377 e. The summed E-state index contributed by atoms with van der Waals surface area (Å²) in [6.07, 6.45) is 1.84. The molecule has 0 aliphatic heterocycles. The van der Waals surface area contributed by atoms with Gasteiger partial charge in [-0.2, -0.15) is 13.2 Å². The molecule has 0 aromatic rings. The Bertz CT molecular complexity index is 191. The maximum Gasteiger partial charge on any atom is 0.389 e. The first-order valence-corrected chi connectivity index (χ1v) is 6.47. The standard InChI is InChI=1S/C12H22F3NO/c13-12(14,15)7-4-8-16-9-10-17-11-5-2-1-3-6-11/h11,16H,1-10H2. The van der Waals surface area contributed by atoms with Crippen LogP contribution < -0.4 is 5.32 Å². The second kappa shape index (κ2) is 7.93. The van der Waals surface area contributed by atoms with Crippen LogP contribution >= 0.6 is 0 Å². The van der Waals surface area contributed by atoms with Crippen LogP contribution in [0.1, 0.15) is 44.9 Å². The van der Waals surface area contributed by atoms with Gasteiger partial charge in [-0.15, -0.1) is 0 Å². The van der Waals surface area contributed by atoms with Gasteiger partial charge in [0.25, 0.3) is 0 Å². The molecule has 102 valence electrons. The zero-order valence-corrected chi connectivity index (χ0v) is 10.2. The molecular formula is C12H22F3NO. The van der Waals surface area contributed by atoms with Crippen LogP contribution in [-0.4, -0.2) is 32.0 Å². The predicted molar refractivity (Wildman–Crippen MR) is 61.0 cm³/mol. The van der Waals surface area contributed by atoms with E-state index < -0.39 is 12.6 Å². The first kappa shape index (κ1) is 14.8. The summed E-state index contributed by atoms with van der Waals surface area (Å²) >= 11 is 0. The SMILES string of the molecule is FC(F)(F)CCCNCCOC1CCCCC1. The topological polar surface area (TPSA) is 21.3 Å². The van der Waals surface area contributed by atoms with Crippen LogP contribution in [-0.2, 0) is 4.74 Å². The molecule has 0 atom stereocenters. The largest absolute Gasteiger partial charge is 0.389 e. The molecule has 2 nitrogen and oxygen atoms in total. The summed E-state index contributed by atoms with van der Waals surface area (Å²) in [5, 5.41) is 2.97. The van der Waals surface area contributed by atoms with Crippen LogP contribution in [0.15, 0.2) is 0 Å². The fourth-order valence-electron chi connectivity index (χ4n) is 2.07. The Hall–Kier alpha value is -0.290.